The van der Waals surface area contributed by atoms with Crippen LogP contribution in [0.3, 0.4) is 0 Å². The molecule has 3 aromatic carbocycles. The van der Waals surface area contributed by atoms with E-state index < -0.39 is 10.0 Å². The van der Waals surface area contributed by atoms with Crippen LogP contribution >= 0.6 is 11.3 Å². The zero-order valence-corrected chi connectivity index (χ0v) is 20.4. The van der Waals surface area contributed by atoms with Crippen molar-refractivity contribution in [2.75, 3.05) is 5.32 Å². The Morgan fingerprint density at radius 2 is 1.70 bits per heavy atom. The van der Waals surface area contributed by atoms with Crippen molar-refractivity contribution in [3.8, 4) is 0 Å². The van der Waals surface area contributed by atoms with Crippen molar-refractivity contribution in [1.29, 1.82) is 0 Å². The summed E-state index contributed by atoms with van der Waals surface area (Å²) in [5, 5.41) is 3.26. The quantitative estimate of drug-likeness (QED) is 0.286. The predicted molar refractivity (Wildman–Crippen MR) is 134 cm³/mol. The van der Waals surface area contributed by atoms with Crippen LogP contribution in [0.15, 0.2) is 79.2 Å². The number of nitrogens with one attached hydrogen (secondary N) is 1. The first-order valence-corrected chi connectivity index (χ1v) is 12.7. The van der Waals surface area contributed by atoms with Crippen LogP contribution in [0.5, 0.6) is 0 Å². The minimum absolute atomic E-state index is 0.0505. The number of fused-ring (bicyclic) bond motifs is 1. The van der Waals surface area contributed by atoms with E-state index in [-0.39, 0.29) is 21.6 Å². The predicted octanol–water partition coefficient (Wildman–Crippen LogP) is 5.84. The Hall–Kier alpha value is -3.23. The van der Waals surface area contributed by atoms with Crippen molar-refractivity contribution in [2.24, 2.45) is 4.40 Å². The summed E-state index contributed by atoms with van der Waals surface area (Å²) >= 11 is 1.05. The van der Waals surface area contributed by atoms with Crippen molar-refractivity contribution in [3.63, 3.8) is 0 Å². The van der Waals surface area contributed by atoms with Crippen LogP contribution < -0.4 is 10.3 Å². The molecule has 0 aliphatic heterocycles. The number of rotatable bonds is 5. The Labute approximate surface area is 196 Å². The Morgan fingerprint density at radius 1 is 1.03 bits per heavy atom. The molecule has 1 N–H and O–H groups in total. The Morgan fingerprint density at radius 3 is 2.33 bits per heavy atom. The van der Waals surface area contributed by atoms with E-state index in [0.717, 1.165) is 32.7 Å². The van der Waals surface area contributed by atoms with Crippen molar-refractivity contribution in [2.45, 2.75) is 38.5 Å². The van der Waals surface area contributed by atoms with Gasteiger partial charge in [-0.2, -0.15) is 8.42 Å². The highest BCUT2D eigenvalue weighted by Crippen LogP contribution is 2.36. The molecule has 170 valence electrons. The van der Waals surface area contributed by atoms with Gasteiger partial charge in [0.2, 0.25) is 0 Å². The van der Waals surface area contributed by atoms with Crippen LogP contribution in [0.2, 0.25) is 0 Å². The van der Waals surface area contributed by atoms with E-state index in [1.54, 1.807) is 36.4 Å². The van der Waals surface area contributed by atoms with Gasteiger partial charge < -0.3 is 9.73 Å². The topological polar surface area (TPSA) is 88.7 Å². The fourth-order valence-electron chi connectivity index (χ4n) is 3.63. The smallest absolute Gasteiger partial charge is 0.396 e. The van der Waals surface area contributed by atoms with Gasteiger partial charge in [-0.3, -0.25) is 0 Å². The van der Waals surface area contributed by atoms with Gasteiger partial charge in [-0.1, -0.05) is 73.2 Å². The van der Waals surface area contributed by atoms with Crippen LogP contribution in [0.25, 0.3) is 10.3 Å². The van der Waals surface area contributed by atoms with E-state index in [0.29, 0.717) is 16.8 Å². The number of aryl methyl sites for hydroxylation is 2. The maximum atomic E-state index is 13.1. The van der Waals surface area contributed by atoms with Gasteiger partial charge in [0.15, 0.2) is 11.4 Å². The lowest BCUT2D eigenvalue weighted by Crippen LogP contribution is -2.18. The molecule has 0 unspecified atom stereocenters. The van der Waals surface area contributed by atoms with E-state index in [2.05, 4.69) is 9.71 Å². The monoisotopic (exact) mass is 480 g/mol. The molecule has 0 aliphatic rings. The van der Waals surface area contributed by atoms with Crippen LogP contribution in [0.4, 0.5) is 5.69 Å². The normalized spacial score (nSPS) is 12.5. The highest BCUT2D eigenvalue weighted by atomic mass is 32.2. The highest BCUT2D eigenvalue weighted by molar-refractivity contribution is 7.90. The van der Waals surface area contributed by atoms with Crippen LogP contribution in [-0.2, 0) is 10.0 Å². The van der Waals surface area contributed by atoms with Crippen LogP contribution in [-0.4, -0.2) is 14.3 Å². The largest absolute Gasteiger partial charge is 0.414 e. The minimum atomic E-state index is -3.97. The molecule has 0 atom stereocenters. The van der Waals surface area contributed by atoms with Gasteiger partial charge in [-0.05, 0) is 49.1 Å². The summed E-state index contributed by atoms with van der Waals surface area (Å²) in [6, 6.07) is 17.6. The molecular weight excluding hydrogens is 456 g/mol. The lowest BCUT2D eigenvalue weighted by Gasteiger charge is -2.18. The second kappa shape index (κ2) is 8.96. The van der Waals surface area contributed by atoms with E-state index in [1.807, 2.05) is 52.0 Å². The molecule has 1 aromatic heterocycles. The summed E-state index contributed by atoms with van der Waals surface area (Å²) in [6.45, 7) is 7.78. The standard InChI is InChI=1S/C25H24N2O4S2/c1-15(2)21-20(14-17(4)22-23(21)32-25(28)31-22)26-24(18-8-6-5-7-9-18)27-33(29,30)19-12-10-16(3)11-13-19/h5-15H,1-4H3,(H,26,27). The average Bonchev–Trinajstić information content (AvgIpc) is 3.15. The molecule has 6 nitrogen and oxygen atoms in total. The molecule has 0 spiro atoms. The van der Waals surface area contributed by atoms with Crippen molar-refractivity contribution in [3.05, 3.63) is 92.7 Å². The molecular formula is C25H24N2O4S2. The van der Waals surface area contributed by atoms with Crippen LogP contribution in [0.1, 0.15) is 42.0 Å². The Kier molecular flexibility index (Phi) is 6.23. The van der Waals surface area contributed by atoms with Gasteiger partial charge in [0.1, 0.15) is 0 Å². The number of amidine groups is 1. The lowest BCUT2D eigenvalue weighted by atomic mass is 9.98. The van der Waals surface area contributed by atoms with Crippen molar-refractivity contribution in [1.82, 2.24) is 0 Å². The zero-order chi connectivity index (χ0) is 23.8. The third-order valence-corrected chi connectivity index (χ3v) is 7.39. The number of anilines is 1. The molecule has 4 aromatic rings. The molecule has 4 rings (SSSR count). The van der Waals surface area contributed by atoms with Gasteiger partial charge in [0.25, 0.3) is 10.0 Å². The first-order chi connectivity index (χ1) is 15.7. The summed E-state index contributed by atoms with van der Waals surface area (Å²) in [4.78, 5) is 11.7. The van der Waals surface area contributed by atoms with E-state index >= 15 is 0 Å². The molecule has 0 amide bonds. The van der Waals surface area contributed by atoms with Gasteiger partial charge in [0, 0.05) is 11.3 Å². The van der Waals surface area contributed by atoms with Gasteiger partial charge in [-0.25, -0.2) is 4.79 Å². The molecule has 0 bridgehead atoms. The molecule has 0 aliphatic carbocycles. The summed E-state index contributed by atoms with van der Waals surface area (Å²) in [7, 11) is -3.97. The number of benzene rings is 3. The highest BCUT2D eigenvalue weighted by Gasteiger charge is 2.21. The number of nitrogens with zero attached hydrogens (tertiary/aromatic N) is 1. The minimum Gasteiger partial charge on any atom is -0.414 e. The lowest BCUT2D eigenvalue weighted by molar-refractivity contribution is 0.583. The van der Waals surface area contributed by atoms with Crippen LogP contribution in [0, 0.1) is 13.8 Å². The molecule has 33 heavy (non-hydrogen) atoms. The fourth-order valence-corrected chi connectivity index (χ4v) is 5.65. The summed E-state index contributed by atoms with van der Waals surface area (Å²) in [5.41, 5.74) is 4.50. The first-order valence-electron chi connectivity index (χ1n) is 10.5. The van der Waals surface area contributed by atoms with Crippen molar-refractivity contribution < 1.29 is 12.8 Å². The Bertz CT molecular complexity index is 1500. The maximum absolute atomic E-state index is 13.1. The van der Waals surface area contributed by atoms with Gasteiger partial charge in [0.05, 0.1) is 9.60 Å². The summed E-state index contributed by atoms with van der Waals surface area (Å²) in [5.74, 6) is 0.252. The number of hydrogen-bond acceptors (Lipinski definition) is 5. The van der Waals surface area contributed by atoms with E-state index in [1.165, 1.54) is 0 Å². The Balaban J connectivity index is 1.90. The van der Waals surface area contributed by atoms with Crippen molar-refractivity contribution >= 4 is 43.2 Å². The third kappa shape index (κ3) is 4.77. The van der Waals surface area contributed by atoms with E-state index in [4.69, 9.17) is 4.42 Å². The molecule has 0 fully saturated rings. The second-order valence-corrected chi connectivity index (χ2v) is 10.7. The number of sulfonamides is 1. The van der Waals surface area contributed by atoms with E-state index in [9.17, 15) is 13.2 Å². The third-order valence-electron chi connectivity index (χ3n) is 5.24. The summed E-state index contributed by atoms with van der Waals surface area (Å²) in [6.07, 6.45) is 0. The second-order valence-electron chi connectivity index (χ2n) is 8.14. The fraction of sp³-hybridized carbons (Fsp3) is 0.200. The number of hydrogen-bond donors (Lipinski definition) is 1. The maximum Gasteiger partial charge on any atom is 0.396 e. The van der Waals surface area contributed by atoms with Gasteiger partial charge >= 0.3 is 4.94 Å². The molecule has 0 radical (unpaired) electrons. The molecule has 0 saturated heterocycles. The molecule has 0 saturated carbocycles. The zero-order valence-electron chi connectivity index (χ0n) is 18.7. The van der Waals surface area contributed by atoms with Gasteiger partial charge in [-0.15, -0.1) is 4.40 Å². The summed E-state index contributed by atoms with van der Waals surface area (Å²) < 4.78 is 36.6. The first kappa shape index (κ1) is 22.9. The molecule has 1 heterocycles. The SMILES string of the molecule is Cc1ccc(S(=O)(=O)N=C(Nc2cc(C)c3oc(=O)sc3c2C(C)C)c2ccccc2)cc1. The average molecular weight is 481 g/mol. The molecule has 8 heteroatoms.